The van der Waals surface area contributed by atoms with Crippen molar-refractivity contribution in [1.82, 2.24) is 14.5 Å². The van der Waals surface area contributed by atoms with Crippen molar-refractivity contribution >= 4 is 17.4 Å². The van der Waals surface area contributed by atoms with E-state index in [4.69, 9.17) is 17.3 Å². The van der Waals surface area contributed by atoms with Gasteiger partial charge in [0.1, 0.15) is 11.6 Å². The summed E-state index contributed by atoms with van der Waals surface area (Å²) in [6.07, 6.45) is 5.93. The van der Waals surface area contributed by atoms with Gasteiger partial charge >= 0.3 is 0 Å². The van der Waals surface area contributed by atoms with Crippen LogP contribution in [0.25, 0.3) is 0 Å². The molecule has 0 bridgehead atoms. The molecule has 84 valence electrons. The molecule has 0 unspecified atom stereocenters. The fourth-order valence-electron chi connectivity index (χ4n) is 1.60. The largest absolute Gasteiger partial charge is 0.383 e. The van der Waals surface area contributed by atoms with E-state index in [9.17, 15) is 0 Å². The summed E-state index contributed by atoms with van der Waals surface area (Å²) in [6.45, 7) is 2.97. The van der Waals surface area contributed by atoms with E-state index in [0.29, 0.717) is 17.3 Å². The molecule has 0 aromatic carbocycles. The Labute approximate surface area is 99.1 Å². The third-order valence-corrected chi connectivity index (χ3v) is 2.67. The number of anilines is 1. The summed E-state index contributed by atoms with van der Waals surface area (Å²) in [5, 5.41) is 0.596. The first-order chi connectivity index (χ1) is 7.70. The number of imidazole rings is 1. The van der Waals surface area contributed by atoms with Gasteiger partial charge in [-0.1, -0.05) is 11.6 Å². The van der Waals surface area contributed by atoms with Crippen LogP contribution in [-0.4, -0.2) is 14.5 Å². The molecule has 0 amide bonds. The predicted octanol–water partition coefficient (Wildman–Crippen LogP) is 2.12. The second kappa shape index (κ2) is 4.53. The average Bonchev–Trinajstić information content (AvgIpc) is 2.71. The van der Waals surface area contributed by atoms with E-state index in [1.807, 2.05) is 12.3 Å². The fraction of sp³-hybridized carbons (Fsp3) is 0.273. The van der Waals surface area contributed by atoms with Crippen LogP contribution in [0.2, 0.25) is 5.02 Å². The Morgan fingerprint density at radius 1 is 1.44 bits per heavy atom. The summed E-state index contributed by atoms with van der Waals surface area (Å²) in [4.78, 5) is 8.31. The first kappa shape index (κ1) is 11.0. The number of aromatic nitrogens is 3. The van der Waals surface area contributed by atoms with Crippen LogP contribution in [-0.2, 0) is 13.0 Å². The molecule has 2 rings (SSSR count). The Bertz CT molecular complexity index is 492. The van der Waals surface area contributed by atoms with E-state index in [2.05, 4.69) is 21.5 Å². The highest BCUT2D eigenvalue weighted by atomic mass is 35.5. The summed E-state index contributed by atoms with van der Waals surface area (Å²) in [7, 11) is 0. The van der Waals surface area contributed by atoms with Crippen molar-refractivity contribution in [2.75, 3.05) is 5.73 Å². The van der Waals surface area contributed by atoms with Crippen LogP contribution in [0.3, 0.4) is 0 Å². The number of aryl methyl sites for hydroxylation is 1. The van der Waals surface area contributed by atoms with Gasteiger partial charge in [0.2, 0.25) is 0 Å². The number of halogens is 1. The van der Waals surface area contributed by atoms with Gasteiger partial charge < -0.3 is 10.3 Å². The third-order valence-electron chi connectivity index (χ3n) is 2.46. The van der Waals surface area contributed by atoms with Gasteiger partial charge in [0.25, 0.3) is 0 Å². The lowest BCUT2D eigenvalue weighted by Crippen LogP contribution is -2.04. The highest BCUT2D eigenvalue weighted by Crippen LogP contribution is 2.17. The van der Waals surface area contributed by atoms with E-state index in [1.54, 1.807) is 12.4 Å². The molecule has 2 N–H and O–H groups in total. The van der Waals surface area contributed by atoms with Crippen molar-refractivity contribution in [3.63, 3.8) is 0 Å². The topological polar surface area (TPSA) is 56.7 Å². The maximum atomic E-state index is 5.89. The highest BCUT2D eigenvalue weighted by molar-refractivity contribution is 6.30. The van der Waals surface area contributed by atoms with Crippen LogP contribution in [0.5, 0.6) is 0 Å². The molecule has 0 radical (unpaired) electrons. The molecule has 0 saturated heterocycles. The molecule has 2 aromatic heterocycles. The van der Waals surface area contributed by atoms with Crippen molar-refractivity contribution in [3.8, 4) is 0 Å². The summed E-state index contributed by atoms with van der Waals surface area (Å²) in [6, 6.07) is 1.83. The Morgan fingerprint density at radius 2 is 2.25 bits per heavy atom. The molecule has 0 spiro atoms. The van der Waals surface area contributed by atoms with Crippen molar-refractivity contribution < 1.29 is 0 Å². The van der Waals surface area contributed by atoms with Crippen molar-refractivity contribution in [2.24, 2.45) is 0 Å². The maximum absolute atomic E-state index is 5.89. The van der Waals surface area contributed by atoms with Gasteiger partial charge in [-0.05, 0) is 13.0 Å². The monoisotopic (exact) mass is 236 g/mol. The summed E-state index contributed by atoms with van der Waals surface area (Å²) >= 11 is 5.89. The molecular formula is C11H13ClN4. The predicted molar refractivity (Wildman–Crippen MR) is 64.4 cm³/mol. The summed E-state index contributed by atoms with van der Waals surface area (Å²) in [5.74, 6) is 1.48. The standard InChI is InChI=1S/C11H13ClN4/c1-2-16-4-3-14-10(16)6-8-5-9(12)7-15-11(8)13/h3-5,7H,2,6H2,1H3,(H2,13,15). The number of nitrogens with zero attached hydrogens (tertiary/aromatic N) is 3. The van der Waals surface area contributed by atoms with Crippen molar-refractivity contribution in [3.05, 3.63) is 41.1 Å². The first-order valence-corrected chi connectivity index (χ1v) is 5.48. The van der Waals surface area contributed by atoms with Gasteiger partial charge in [0.05, 0.1) is 5.02 Å². The van der Waals surface area contributed by atoms with Crippen LogP contribution < -0.4 is 5.73 Å². The van der Waals surface area contributed by atoms with Crippen LogP contribution in [0.4, 0.5) is 5.82 Å². The molecule has 0 aliphatic carbocycles. The van der Waals surface area contributed by atoms with E-state index in [-0.39, 0.29) is 0 Å². The number of rotatable bonds is 3. The molecule has 0 atom stereocenters. The minimum Gasteiger partial charge on any atom is -0.383 e. The molecule has 2 aromatic rings. The molecule has 0 fully saturated rings. The zero-order valence-corrected chi connectivity index (χ0v) is 9.78. The Kier molecular flexibility index (Phi) is 3.10. The van der Waals surface area contributed by atoms with Gasteiger partial charge in [-0.3, -0.25) is 0 Å². The zero-order chi connectivity index (χ0) is 11.5. The molecule has 0 aliphatic rings. The Morgan fingerprint density at radius 3 is 3.00 bits per heavy atom. The molecule has 4 nitrogen and oxygen atoms in total. The number of hydrogen-bond donors (Lipinski definition) is 1. The minimum absolute atomic E-state index is 0.509. The van der Waals surface area contributed by atoms with Crippen LogP contribution >= 0.6 is 11.6 Å². The molecule has 0 saturated carbocycles. The first-order valence-electron chi connectivity index (χ1n) is 5.10. The highest BCUT2D eigenvalue weighted by Gasteiger charge is 2.07. The van der Waals surface area contributed by atoms with E-state index in [0.717, 1.165) is 17.9 Å². The van der Waals surface area contributed by atoms with E-state index < -0.39 is 0 Å². The van der Waals surface area contributed by atoms with Crippen LogP contribution in [0, 0.1) is 0 Å². The zero-order valence-electron chi connectivity index (χ0n) is 9.02. The minimum atomic E-state index is 0.509. The van der Waals surface area contributed by atoms with Gasteiger partial charge in [-0.25, -0.2) is 9.97 Å². The second-order valence-corrected chi connectivity index (χ2v) is 3.94. The second-order valence-electron chi connectivity index (χ2n) is 3.50. The van der Waals surface area contributed by atoms with Gasteiger partial charge in [-0.15, -0.1) is 0 Å². The molecule has 16 heavy (non-hydrogen) atoms. The van der Waals surface area contributed by atoms with Crippen molar-refractivity contribution in [1.29, 1.82) is 0 Å². The fourth-order valence-corrected chi connectivity index (χ4v) is 1.78. The van der Waals surface area contributed by atoms with E-state index in [1.165, 1.54) is 0 Å². The normalized spacial score (nSPS) is 10.6. The van der Waals surface area contributed by atoms with Crippen molar-refractivity contribution in [2.45, 2.75) is 19.9 Å². The SMILES string of the molecule is CCn1ccnc1Cc1cc(Cl)cnc1N. The molecular weight excluding hydrogens is 224 g/mol. The quantitative estimate of drug-likeness (QED) is 0.888. The third kappa shape index (κ3) is 2.17. The lowest BCUT2D eigenvalue weighted by molar-refractivity contribution is 0.712. The van der Waals surface area contributed by atoms with Gasteiger partial charge in [-0.2, -0.15) is 0 Å². The lowest BCUT2D eigenvalue weighted by atomic mass is 10.2. The Balaban J connectivity index is 2.30. The number of nitrogen functional groups attached to an aromatic ring is 1. The number of nitrogens with two attached hydrogens (primary N) is 1. The van der Waals surface area contributed by atoms with Crippen LogP contribution in [0.15, 0.2) is 24.7 Å². The Hall–Kier alpha value is -1.55. The van der Waals surface area contributed by atoms with Gasteiger partial charge in [0.15, 0.2) is 0 Å². The maximum Gasteiger partial charge on any atom is 0.127 e. The average molecular weight is 237 g/mol. The smallest absolute Gasteiger partial charge is 0.127 e. The number of hydrogen-bond acceptors (Lipinski definition) is 3. The molecule has 0 aliphatic heterocycles. The molecule has 5 heteroatoms. The van der Waals surface area contributed by atoms with Gasteiger partial charge in [0, 0.05) is 37.1 Å². The lowest BCUT2D eigenvalue weighted by Gasteiger charge is -2.07. The van der Waals surface area contributed by atoms with Crippen LogP contribution in [0.1, 0.15) is 18.3 Å². The summed E-state index contributed by atoms with van der Waals surface area (Å²) in [5.41, 5.74) is 6.70. The number of pyridine rings is 1. The van der Waals surface area contributed by atoms with E-state index >= 15 is 0 Å². The summed E-state index contributed by atoms with van der Waals surface area (Å²) < 4.78 is 2.07. The molecule has 2 heterocycles.